The summed E-state index contributed by atoms with van der Waals surface area (Å²) in [5, 5.41) is 0.466. The van der Waals surface area contributed by atoms with Crippen molar-refractivity contribution < 1.29 is 37.7 Å². The van der Waals surface area contributed by atoms with Gasteiger partial charge in [0.05, 0.1) is 28.4 Å². The largest absolute Gasteiger partial charge is 0.493 e. The minimum atomic E-state index is -0.590. The standard InChI is InChI=1S/C29H26O8/c1-32-22-12-11-20(16-23(22)36-17-18-8-6-5-7-9-18)27-26(29(31)35-4)21-14-19(10-13-25(30)34-3)15-24(33-2)28(21)37-27/h5-16H,17H2,1-4H3/b13-10+. The first kappa shape index (κ1) is 25.4. The van der Waals surface area contributed by atoms with Crippen LogP contribution in [0.1, 0.15) is 21.5 Å². The van der Waals surface area contributed by atoms with Gasteiger partial charge in [-0.2, -0.15) is 0 Å². The second-order valence-electron chi connectivity index (χ2n) is 7.89. The van der Waals surface area contributed by atoms with Crippen LogP contribution in [0.3, 0.4) is 0 Å². The third-order valence-electron chi connectivity index (χ3n) is 5.66. The molecule has 1 aromatic heterocycles. The molecule has 0 atom stereocenters. The minimum Gasteiger partial charge on any atom is -0.493 e. The number of carbonyl (C=O) groups excluding carboxylic acids is 2. The summed E-state index contributed by atoms with van der Waals surface area (Å²) in [7, 11) is 5.64. The maximum absolute atomic E-state index is 13.0. The molecule has 0 bridgehead atoms. The topological polar surface area (TPSA) is 93.4 Å². The van der Waals surface area contributed by atoms with E-state index in [1.807, 2.05) is 30.3 Å². The van der Waals surface area contributed by atoms with Crippen molar-refractivity contribution in [2.75, 3.05) is 28.4 Å². The first-order chi connectivity index (χ1) is 18.0. The van der Waals surface area contributed by atoms with Gasteiger partial charge in [0.25, 0.3) is 0 Å². The van der Waals surface area contributed by atoms with Gasteiger partial charge in [0.2, 0.25) is 0 Å². The van der Waals surface area contributed by atoms with Crippen molar-refractivity contribution in [2.24, 2.45) is 0 Å². The highest BCUT2D eigenvalue weighted by atomic mass is 16.5. The van der Waals surface area contributed by atoms with Gasteiger partial charge >= 0.3 is 11.9 Å². The molecular weight excluding hydrogens is 476 g/mol. The second kappa shape index (κ2) is 11.3. The van der Waals surface area contributed by atoms with Crippen LogP contribution in [0.15, 0.2) is 71.2 Å². The van der Waals surface area contributed by atoms with Gasteiger partial charge in [0, 0.05) is 17.0 Å². The van der Waals surface area contributed by atoms with E-state index in [0.29, 0.717) is 46.0 Å². The molecule has 0 saturated carbocycles. The van der Waals surface area contributed by atoms with Gasteiger partial charge in [-0.05, 0) is 47.5 Å². The fraction of sp³-hybridized carbons (Fsp3) is 0.172. The van der Waals surface area contributed by atoms with Crippen molar-refractivity contribution in [3.05, 3.63) is 83.4 Å². The lowest BCUT2D eigenvalue weighted by Crippen LogP contribution is -2.02. The average molecular weight is 503 g/mol. The number of ether oxygens (including phenoxy) is 5. The predicted octanol–water partition coefficient (Wildman–Crippen LogP) is 5.67. The van der Waals surface area contributed by atoms with Crippen LogP contribution in [-0.2, 0) is 20.9 Å². The Hall–Kier alpha value is -4.72. The van der Waals surface area contributed by atoms with Gasteiger partial charge in [-0.3, -0.25) is 0 Å². The minimum absolute atomic E-state index is 0.211. The molecule has 0 radical (unpaired) electrons. The number of carbonyl (C=O) groups is 2. The van der Waals surface area contributed by atoms with Gasteiger partial charge in [0.15, 0.2) is 22.8 Å². The van der Waals surface area contributed by atoms with Gasteiger partial charge in [-0.15, -0.1) is 0 Å². The van der Waals surface area contributed by atoms with E-state index in [1.165, 1.54) is 27.4 Å². The van der Waals surface area contributed by atoms with E-state index in [9.17, 15) is 9.59 Å². The van der Waals surface area contributed by atoms with Crippen LogP contribution in [0.25, 0.3) is 28.4 Å². The van der Waals surface area contributed by atoms with Crippen molar-refractivity contribution in [3.8, 4) is 28.6 Å². The molecule has 4 aromatic rings. The molecule has 190 valence electrons. The maximum Gasteiger partial charge on any atom is 0.342 e. The zero-order valence-electron chi connectivity index (χ0n) is 20.9. The molecule has 8 heteroatoms. The van der Waals surface area contributed by atoms with Gasteiger partial charge in [0.1, 0.15) is 17.9 Å². The Balaban J connectivity index is 1.84. The number of furan rings is 1. The molecule has 0 N–H and O–H groups in total. The highest BCUT2D eigenvalue weighted by Crippen LogP contribution is 2.42. The molecule has 3 aromatic carbocycles. The van der Waals surface area contributed by atoms with Gasteiger partial charge in [-0.1, -0.05) is 30.3 Å². The summed E-state index contributed by atoms with van der Waals surface area (Å²) in [6, 6.07) is 18.4. The van der Waals surface area contributed by atoms with E-state index in [-0.39, 0.29) is 11.3 Å². The highest BCUT2D eigenvalue weighted by molar-refractivity contribution is 6.10. The lowest BCUT2D eigenvalue weighted by Gasteiger charge is -2.12. The number of hydrogen-bond acceptors (Lipinski definition) is 8. The normalized spacial score (nSPS) is 10.9. The number of benzene rings is 3. The van der Waals surface area contributed by atoms with Gasteiger partial charge in [-0.25, -0.2) is 9.59 Å². The smallest absolute Gasteiger partial charge is 0.342 e. The Morgan fingerprint density at radius 1 is 0.838 bits per heavy atom. The zero-order chi connectivity index (χ0) is 26.4. The lowest BCUT2D eigenvalue weighted by molar-refractivity contribution is -0.134. The fourth-order valence-corrected chi connectivity index (χ4v) is 3.84. The molecule has 0 fully saturated rings. The maximum atomic E-state index is 13.0. The predicted molar refractivity (Wildman–Crippen MR) is 138 cm³/mol. The molecule has 0 aliphatic rings. The average Bonchev–Trinajstić information content (AvgIpc) is 3.33. The molecule has 8 nitrogen and oxygen atoms in total. The van der Waals surface area contributed by atoms with E-state index in [2.05, 4.69) is 4.74 Å². The Labute approximate surface area is 214 Å². The van der Waals surface area contributed by atoms with Crippen LogP contribution in [0.2, 0.25) is 0 Å². The summed E-state index contributed by atoms with van der Waals surface area (Å²) in [4.78, 5) is 24.5. The number of rotatable bonds is 9. The zero-order valence-corrected chi connectivity index (χ0v) is 20.9. The molecule has 0 saturated heterocycles. The summed E-state index contributed by atoms with van der Waals surface area (Å²) in [5.41, 5.74) is 2.74. The first-order valence-corrected chi connectivity index (χ1v) is 11.3. The summed E-state index contributed by atoms with van der Waals surface area (Å²) in [6.07, 6.45) is 2.84. The summed E-state index contributed by atoms with van der Waals surface area (Å²) < 4.78 is 33.0. The van der Waals surface area contributed by atoms with Gasteiger partial charge < -0.3 is 28.1 Å². The first-order valence-electron chi connectivity index (χ1n) is 11.3. The van der Waals surface area contributed by atoms with Crippen LogP contribution < -0.4 is 14.2 Å². The molecule has 0 spiro atoms. The summed E-state index contributed by atoms with van der Waals surface area (Å²) in [5.74, 6) is 0.569. The van der Waals surface area contributed by atoms with Crippen LogP contribution in [0.5, 0.6) is 17.2 Å². The summed E-state index contributed by atoms with van der Waals surface area (Å²) >= 11 is 0. The summed E-state index contributed by atoms with van der Waals surface area (Å²) in [6.45, 7) is 0.328. The second-order valence-corrected chi connectivity index (χ2v) is 7.89. The van der Waals surface area contributed by atoms with E-state index < -0.39 is 11.9 Å². The number of fused-ring (bicyclic) bond motifs is 1. The molecule has 0 aliphatic carbocycles. The fourth-order valence-electron chi connectivity index (χ4n) is 3.84. The monoisotopic (exact) mass is 502 g/mol. The molecule has 37 heavy (non-hydrogen) atoms. The molecule has 0 unspecified atom stereocenters. The van der Waals surface area contributed by atoms with E-state index >= 15 is 0 Å². The highest BCUT2D eigenvalue weighted by Gasteiger charge is 2.26. The van der Waals surface area contributed by atoms with E-state index in [0.717, 1.165) is 5.56 Å². The van der Waals surface area contributed by atoms with Crippen molar-refractivity contribution >= 4 is 29.0 Å². The number of esters is 2. The van der Waals surface area contributed by atoms with Crippen LogP contribution in [0.4, 0.5) is 0 Å². The third-order valence-corrected chi connectivity index (χ3v) is 5.66. The van der Waals surface area contributed by atoms with Crippen LogP contribution >= 0.6 is 0 Å². The third kappa shape index (κ3) is 5.43. The Morgan fingerprint density at radius 3 is 2.27 bits per heavy atom. The van der Waals surface area contributed by atoms with Crippen molar-refractivity contribution in [2.45, 2.75) is 6.61 Å². The van der Waals surface area contributed by atoms with Crippen LogP contribution in [0, 0.1) is 0 Å². The quantitative estimate of drug-likeness (QED) is 0.214. The Bertz CT molecular complexity index is 1450. The van der Waals surface area contributed by atoms with Crippen molar-refractivity contribution in [3.63, 3.8) is 0 Å². The molecular formula is C29H26O8. The number of methoxy groups -OCH3 is 4. The van der Waals surface area contributed by atoms with E-state index in [4.69, 9.17) is 23.4 Å². The molecule has 0 aliphatic heterocycles. The Kier molecular flexibility index (Phi) is 7.78. The van der Waals surface area contributed by atoms with Crippen molar-refractivity contribution in [1.29, 1.82) is 0 Å². The molecule has 0 amide bonds. The lowest BCUT2D eigenvalue weighted by atomic mass is 10.0. The van der Waals surface area contributed by atoms with Crippen molar-refractivity contribution in [1.82, 2.24) is 0 Å². The molecule has 4 rings (SSSR count). The Morgan fingerprint density at radius 2 is 1.59 bits per heavy atom. The van der Waals surface area contributed by atoms with Crippen LogP contribution in [-0.4, -0.2) is 40.4 Å². The molecule has 1 heterocycles. The van der Waals surface area contributed by atoms with E-state index in [1.54, 1.807) is 43.5 Å². The number of hydrogen-bond donors (Lipinski definition) is 0. The SMILES string of the molecule is COC(=O)/C=C/c1cc(OC)c2oc(-c3ccc(OC)c(OCc4ccccc4)c3)c(C(=O)OC)c2c1.